The topological polar surface area (TPSA) is 117 Å². The van der Waals surface area contributed by atoms with E-state index in [9.17, 15) is 18.0 Å². The maximum absolute atomic E-state index is 13.5. The molecule has 0 aromatic heterocycles. The second-order valence-corrected chi connectivity index (χ2v) is 12.2. The van der Waals surface area contributed by atoms with Crippen molar-refractivity contribution in [2.45, 2.75) is 4.90 Å². The van der Waals surface area contributed by atoms with E-state index < -0.39 is 15.9 Å². The van der Waals surface area contributed by atoms with Gasteiger partial charge < -0.3 is 25.0 Å². The Balaban J connectivity index is 1.34. The molecule has 0 bridgehead atoms. The first-order valence-electron chi connectivity index (χ1n) is 13.7. The van der Waals surface area contributed by atoms with Crippen molar-refractivity contribution >= 4 is 50.5 Å². The van der Waals surface area contributed by atoms with Gasteiger partial charge >= 0.3 is 0 Å². The van der Waals surface area contributed by atoms with Crippen LogP contribution in [-0.2, 0) is 10.0 Å². The number of rotatable bonds is 9. The van der Waals surface area contributed by atoms with Crippen LogP contribution in [-0.4, -0.2) is 64.9 Å². The van der Waals surface area contributed by atoms with Crippen molar-refractivity contribution in [2.24, 2.45) is 0 Å². The van der Waals surface area contributed by atoms with Crippen molar-refractivity contribution in [2.75, 3.05) is 55.9 Å². The van der Waals surface area contributed by atoms with Crippen LogP contribution in [0.15, 0.2) is 95.9 Å². The molecule has 0 saturated carbocycles. The van der Waals surface area contributed by atoms with E-state index in [0.29, 0.717) is 37.4 Å². The van der Waals surface area contributed by atoms with Crippen LogP contribution in [0.4, 0.5) is 17.1 Å². The van der Waals surface area contributed by atoms with Crippen LogP contribution in [0, 0.1) is 0 Å². The fraction of sp³-hybridized carbons (Fsp3) is 0.188. The van der Waals surface area contributed by atoms with Gasteiger partial charge in [-0.3, -0.25) is 9.59 Å². The first-order chi connectivity index (χ1) is 21.2. The number of anilines is 3. The second kappa shape index (κ2) is 13.4. The number of nitrogens with one attached hydrogen (secondary N) is 2. The lowest BCUT2D eigenvalue weighted by atomic mass is 10.1. The highest BCUT2D eigenvalue weighted by molar-refractivity contribution is 7.89. The minimum atomic E-state index is -3.89. The van der Waals surface area contributed by atoms with Crippen molar-refractivity contribution in [1.82, 2.24) is 4.31 Å². The van der Waals surface area contributed by atoms with Crippen LogP contribution in [0.5, 0.6) is 11.5 Å². The number of halogens is 1. The van der Waals surface area contributed by atoms with Gasteiger partial charge in [0, 0.05) is 49.6 Å². The summed E-state index contributed by atoms with van der Waals surface area (Å²) < 4.78 is 39.4. The van der Waals surface area contributed by atoms with Crippen molar-refractivity contribution < 1.29 is 27.5 Å². The van der Waals surface area contributed by atoms with Crippen LogP contribution in [0.3, 0.4) is 0 Å². The van der Waals surface area contributed by atoms with Crippen molar-refractivity contribution in [3.63, 3.8) is 0 Å². The van der Waals surface area contributed by atoms with Gasteiger partial charge in [0.2, 0.25) is 10.0 Å². The van der Waals surface area contributed by atoms with Gasteiger partial charge in [0.15, 0.2) is 0 Å². The van der Waals surface area contributed by atoms with Crippen LogP contribution in [0.2, 0.25) is 5.02 Å². The third kappa shape index (κ3) is 6.65. The maximum Gasteiger partial charge on any atom is 0.257 e. The SMILES string of the molecule is COc1cc(NC(=O)c2cc(S(=O)(=O)N3CCN(c4ccccc4)CC3)ccc2Cl)c(OC)cc1NC(=O)c1ccccc1. The number of hydrogen-bond donors (Lipinski definition) is 2. The molecule has 10 nitrogen and oxygen atoms in total. The number of carbonyl (C=O) groups is 2. The van der Waals surface area contributed by atoms with E-state index in [4.69, 9.17) is 21.1 Å². The Morgan fingerprint density at radius 3 is 1.84 bits per heavy atom. The van der Waals surface area contributed by atoms with E-state index in [-0.39, 0.29) is 38.6 Å². The third-order valence-corrected chi connectivity index (χ3v) is 9.46. The molecule has 44 heavy (non-hydrogen) atoms. The summed E-state index contributed by atoms with van der Waals surface area (Å²) in [5.41, 5.74) is 2.02. The summed E-state index contributed by atoms with van der Waals surface area (Å²) in [5, 5.41) is 5.60. The number of nitrogens with zero attached hydrogens (tertiary/aromatic N) is 2. The van der Waals surface area contributed by atoms with E-state index in [2.05, 4.69) is 15.5 Å². The lowest BCUT2D eigenvalue weighted by molar-refractivity contribution is 0.101. The van der Waals surface area contributed by atoms with Crippen molar-refractivity contribution in [3.8, 4) is 11.5 Å². The number of piperazine rings is 1. The van der Waals surface area contributed by atoms with Gasteiger partial charge in [0.1, 0.15) is 11.5 Å². The van der Waals surface area contributed by atoms with Gasteiger partial charge in [0.05, 0.1) is 41.1 Å². The Morgan fingerprint density at radius 2 is 1.27 bits per heavy atom. The molecule has 4 aromatic rings. The summed E-state index contributed by atoms with van der Waals surface area (Å²) in [7, 11) is -1.05. The van der Waals surface area contributed by atoms with Crippen molar-refractivity contribution in [1.29, 1.82) is 0 Å². The molecule has 0 aliphatic carbocycles. The predicted octanol–water partition coefficient (Wildman–Crippen LogP) is 5.37. The molecule has 2 N–H and O–H groups in total. The van der Waals surface area contributed by atoms with Crippen LogP contribution < -0.4 is 25.0 Å². The van der Waals surface area contributed by atoms with Gasteiger partial charge in [0.25, 0.3) is 11.8 Å². The zero-order valence-corrected chi connectivity index (χ0v) is 25.7. The fourth-order valence-corrected chi connectivity index (χ4v) is 6.53. The van der Waals surface area contributed by atoms with Gasteiger partial charge in [-0.1, -0.05) is 48.0 Å². The summed E-state index contributed by atoms with van der Waals surface area (Å²) in [5.74, 6) is -0.502. The van der Waals surface area contributed by atoms with Gasteiger partial charge in [-0.05, 0) is 42.5 Å². The Labute approximate surface area is 261 Å². The smallest absolute Gasteiger partial charge is 0.257 e. The number of carbonyl (C=O) groups excluding carboxylic acids is 2. The molecular weight excluding hydrogens is 604 g/mol. The Morgan fingerprint density at radius 1 is 0.727 bits per heavy atom. The molecule has 5 rings (SSSR count). The minimum absolute atomic E-state index is 0.0295. The molecule has 2 amide bonds. The highest BCUT2D eigenvalue weighted by Crippen LogP contribution is 2.37. The maximum atomic E-state index is 13.5. The first kappa shape index (κ1) is 30.9. The summed E-state index contributed by atoms with van der Waals surface area (Å²) >= 11 is 6.37. The molecular formula is C32H31ClN4O6S. The van der Waals surface area contributed by atoms with Gasteiger partial charge in [-0.2, -0.15) is 4.31 Å². The van der Waals surface area contributed by atoms with Gasteiger partial charge in [-0.25, -0.2) is 8.42 Å². The molecule has 12 heteroatoms. The highest BCUT2D eigenvalue weighted by Gasteiger charge is 2.30. The number of ether oxygens (including phenoxy) is 2. The zero-order valence-electron chi connectivity index (χ0n) is 24.1. The average molecular weight is 635 g/mol. The molecule has 0 unspecified atom stereocenters. The zero-order chi connectivity index (χ0) is 31.3. The van der Waals surface area contributed by atoms with Crippen LogP contribution >= 0.6 is 11.6 Å². The lowest BCUT2D eigenvalue weighted by Gasteiger charge is -2.35. The summed E-state index contributed by atoms with van der Waals surface area (Å²) in [4.78, 5) is 28.3. The first-order valence-corrected chi connectivity index (χ1v) is 15.6. The van der Waals surface area contributed by atoms with E-state index in [1.807, 2.05) is 36.4 Å². The molecule has 1 aliphatic heterocycles. The number of para-hydroxylation sites is 1. The molecule has 1 aliphatic rings. The molecule has 1 saturated heterocycles. The fourth-order valence-electron chi connectivity index (χ4n) is 4.88. The molecule has 1 heterocycles. The standard InChI is InChI=1S/C32H31ClN4O6S/c1-42-29-21-28(30(43-2)20-27(29)34-31(38)22-9-5-3-6-10-22)35-32(39)25-19-24(13-14-26(25)33)44(40,41)37-17-15-36(16-18-37)23-11-7-4-8-12-23/h3-14,19-21H,15-18H2,1-2H3,(H,34,38)(H,35,39). The lowest BCUT2D eigenvalue weighted by Crippen LogP contribution is -2.48. The van der Waals surface area contributed by atoms with E-state index in [1.54, 1.807) is 24.3 Å². The molecule has 0 atom stereocenters. The normalized spacial score (nSPS) is 13.7. The Kier molecular flexibility index (Phi) is 9.38. The van der Waals surface area contributed by atoms with E-state index in [1.165, 1.54) is 48.9 Å². The second-order valence-electron chi connectivity index (χ2n) is 9.90. The molecule has 0 spiro atoms. The van der Waals surface area contributed by atoms with Crippen LogP contribution in [0.1, 0.15) is 20.7 Å². The number of methoxy groups -OCH3 is 2. The summed E-state index contributed by atoms with van der Waals surface area (Å²) in [6.07, 6.45) is 0. The monoisotopic (exact) mass is 634 g/mol. The predicted molar refractivity (Wildman–Crippen MR) is 171 cm³/mol. The number of hydrogen-bond acceptors (Lipinski definition) is 7. The van der Waals surface area contributed by atoms with Crippen LogP contribution in [0.25, 0.3) is 0 Å². The summed E-state index contributed by atoms with van der Waals surface area (Å²) in [6, 6.07) is 25.6. The summed E-state index contributed by atoms with van der Waals surface area (Å²) in [6.45, 7) is 1.66. The van der Waals surface area contributed by atoms with E-state index >= 15 is 0 Å². The number of sulfonamides is 1. The molecule has 228 valence electrons. The number of benzene rings is 4. The van der Waals surface area contributed by atoms with Crippen molar-refractivity contribution in [3.05, 3.63) is 107 Å². The van der Waals surface area contributed by atoms with E-state index in [0.717, 1.165) is 5.69 Å². The average Bonchev–Trinajstić information content (AvgIpc) is 3.06. The Hall–Kier alpha value is -4.58. The van der Waals surface area contributed by atoms with Gasteiger partial charge in [-0.15, -0.1) is 0 Å². The largest absolute Gasteiger partial charge is 0.494 e. The quantitative estimate of drug-likeness (QED) is 0.254. The third-order valence-electron chi connectivity index (χ3n) is 7.23. The highest BCUT2D eigenvalue weighted by atomic mass is 35.5. The molecule has 0 radical (unpaired) electrons. The molecule has 4 aromatic carbocycles. The minimum Gasteiger partial charge on any atom is -0.494 e. The Bertz CT molecular complexity index is 1760. The number of amides is 2. The molecule has 1 fully saturated rings.